The lowest BCUT2D eigenvalue weighted by Crippen LogP contribution is -2.60. The van der Waals surface area contributed by atoms with Gasteiger partial charge in [0.25, 0.3) is 0 Å². The summed E-state index contributed by atoms with van der Waals surface area (Å²) in [7, 11) is -5.07. The highest BCUT2D eigenvalue weighted by molar-refractivity contribution is 7.80. The molecule has 0 aromatic carbocycles. The zero-order valence-corrected chi connectivity index (χ0v) is 51.8. The van der Waals surface area contributed by atoms with Crippen molar-refractivity contribution in [2.75, 3.05) is 26.4 Å². The molecule has 1 heterocycles. The molecule has 0 saturated carbocycles. The van der Waals surface area contributed by atoms with Gasteiger partial charge in [-0.3, -0.25) is 9.35 Å². The van der Waals surface area contributed by atoms with Crippen LogP contribution in [0.3, 0.4) is 0 Å². The Morgan fingerprint density at radius 3 is 1.03 bits per heavy atom. The fraction of sp³-hybridized carbons (Fsp3) is 0.985. The van der Waals surface area contributed by atoms with Gasteiger partial charge in [-0.25, -0.2) is 4.18 Å². The molecule has 0 amide bonds. The number of aliphatic hydroxyl groups is 3. The molecular formula is C65H128O12S. The largest absolute Gasteiger partial charge is 0.457 e. The Labute approximate surface area is 481 Å². The molecule has 6 unspecified atom stereocenters. The summed E-state index contributed by atoms with van der Waals surface area (Å²) in [5, 5.41) is 30.9. The van der Waals surface area contributed by atoms with Crippen LogP contribution in [0.4, 0.5) is 0 Å². The smallest absolute Gasteiger partial charge is 0.397 e. The summed E-state index contributed by atoms with van der Waals surface area (Å²) in [4.78, 5) is 13.0. The van der Waals surface area contributed by atoms with E-state index < -0.39 is 53.8 Å². The minimum atomic E-state index is -5.07. The van der Waals surface area contributed by atoms with Crippen LogP contribution in [-0.4, -0.2) is 97.5 Å². The zero-order chi connectivity index (χ0) is 56.7. The van der Waals surface area contributed by atoms with E-state index >= 15 is 0 Å². The van der Waals surface area contributed by atoms with Crippen molar-refractivity contribution in [1.82, 2.24) is 0 Å². The van der Waals surface area contributed by atoms with Crippen LogP contribution < -0.4 is 0 Å². The van der Waals surface area contributed by atoms with E-state index in [-0.39, 0.29) is 25.6 Å². The lowest BCUT2D eigenvalue weighted by molar-refractivity contribution is -0.301. The van der Waals surface area contributed by atoms with E-state index in [4.69, 9.17) is 18.9 Å². The highest BCUT2D eigenvalue weighted by Gasteiger charge is 2.48. The predicted molar refractivity (Wildman–Crippen MR) is 322 cm³/mol. The molecule has 4 N–H and O–H groups in total. The van der Waals surface area contributed by atoms with Gasteiger partial charge in [-0.1, -0.05) is 328 Å². The highest BCUT2D eigenvalue weighted by atomic mass is 32.3. The lowest BCUT2D eigenvalue weighted by Gasteiger charge is -2.41. The van der Waals surface area contributed by atoms with Gasteiger partial charge in [0.05, 0.1) is 19.8 Å². The van der Waals surface area contributed by atoms with Gasteiger partial charge in [-0.2, -0.15) is 8.42 Å². The van der Waals surface area contributed by atoms with Crippen molar-refractivity contribution in [2.24, 2.45) is 0 Å². The van der Waals surface area contributed by atoms with Crippen molar-refractivity contribution in [3.63, 3.8) is 0 Å². The number of ether oxygens (including phenoxy) is 4. The van der Waals surface area contributed by atoms with Gasteiger partial charge >= 0.3 is 16.4 Å². The number of carbonyl (C=O) groups excluding carboxylic acids is 1. The minimum Gasteiger partial charge on any atom is -0.457 e. The number of hydrogen-bond donors (Lipinski definition) is 4. The molecule has 1 aliphatic heterocycles. The second-order valence-electron chi connectivity index (χ2n) is 23.8. The van der Waals surface area contributed by atoms with Crippen LogP contribution in [0.15, 0.2) is 0 Å². The molecule has 0 aromatic rings. The first kappa shape index (κ1) is 75.1. The Morgan fingerprint density at radius 2 is 0.731 bits per heavy atom. The predicted octanol–water partition coefficient (Wildman–Crippen LogP) is 17.9. The average Bonchev–Trinajstić information content (AvgIpc) is 3.42. The monoisotopic (exact) mass is 1130 g/mol. The number of carbonyl (C=O) groups is 1. The first-order valence-corrected chi connectivity index (χ1v) is 35.2. The van der Waals surface area contributed by atoms with Crippen LogP contribution in [-0.2, 0) is 38.3 Å². The van der Waals surface area contributed by atoms with E-state index in [2.05, 4.69) is 18.0 Å². The van der Waals surface area contributed by atoms with Crippen molar-refractivity contribution >= 4 is 16.4 Å². The molecular weight excluding hydrogens is 1000 g/mol. The quantitative estimate of drug-likeness (QED) is 0.0258. The van der Waals surface area contributed by atoms with E-state index in [0.29, 0.717) is 13.0 Å². The Kier molecular flexibility index (Phi) is 54.5. The molecule has 1 rings (SSSR count). The van der Waals surface area contributed by atoms with Crippen molar-refractivity contribution < 1.29 is 56.2 Å². The number of aliphatic hydroxyl groups excluding tert-OH is 3. The molecule has 1 fully saturated rings. The van der Waals surface area contributed by atoms with Crippen LogP contribution in [0.25, 0.3) is 0 Å². The van der Waals surface area contributed by atoms with Crippen molar-refractivity contribution in [2.45, 2.75) is 385 Å². The summed E-state index contributed by atoms with van der Waals surface area (Å²) in [5.74, 6) is -0.386. The minimum absolute atomic E-state index is 0.0461. The van der Waals surface area contributed by atoms with Gasteiger partial charge in [-0.05, 0) is 12.8 Å². The maximum absolute atomic E-state index is 13.0. The fourth-order valence-corrected chi connectivity index (χ4v) is 11.7. The summed E-state index contributed by atoms with van der Waals surface area (Å²) >= 11 is 0. The summed E-state index contributed by atoms with van der Waals surface area (Å²) in [6, 6.07) is 0. The third kappa shape index (κ3) is 48.6. The normalized spacial score (nSPS) is 18.3. The van der Waals surface area contributed by atoms with Gasteiger partial charge in [0, 0.05) is 13.0 Å². The van der Waals surface area contributed by atoms with Crippen LogP contribution in [0, 0.1) is 0 Å². The summed E-state index contributed by atoms with van der Waals surface area (Å²) in [5.41, 5.74) is 0. The highest BCUT2D eigenvalue weighted by Crippen LogP contribution is 2.26. The van der Waals surface area contributed by atoms with Gasteiger partial charge in [0.2, 0.25) is 0 Å². The van der Waals surface area contributed by atoms with Crippen LogP contribution in [0.2, 0.25) is 0 Å². The summed E-state index contributed by atoms with van der Waals surface area (Å²) in [6.07, 6.45) is 58.8. The third-order valence-electron chi connectivity index (χ3n) is 16.2. The van der Waals surface area contributed by atoms with Crippen LogP contribution in [0.1, 0.15) is 348 Å². The Bertz CT molecular complexity index is 1350. The maximum atomic E-state index is 13.0. The van der Waals surface area contributed by atoms with Crippen molar-refractivity contribution in [1.29, 1.82) is 0 Å². The molecule has 0 aromatic heterocycles. The SMILES string of the molecule is CCCCCCCCCCCCCCCCCCCCCCCCCCCCOCC(COC1OC(CO)C(O)C(OS(=O)(=O)O)C1O)OC(=O)CCCCCCCCCCCCCCCCCCCCCCCCCCC. The molecule has 13 heteroatoms. The molecule has 78 heavy (non-hydrogen) atoms. The molecule has 0 spiro atoms. The average molecular weight is 1130 g/mol. The molecule has 0 aliphatic carbocycles. The van der Waals surface area contributed by atoms with E-state index in [1.165, 1.54) is 283 Å². The first-order valence-electron chi connectivity index (χ1n) is 33.8. The van der Waals surface area contributed by atoms with Gasteiger partial charge in [0.15, 0.2) is 6.29 Å². The molecule has 1 saturated heterocycles. The topological polar surface area (TPSA) is 178 Å². The van der Waals surface area contributed by atoms with Crippen LogP contribution in [0.5, 0.6) is 0 Å². The number of rotatable bonds is 62. The molecule has 466 valence electrons. The second kappa shape index (κ2) is 56.6. The Balaban J connectivity index is 2.19. The number of hydrogen-bond acceptors (Lipinski definition) is 11. The molecule has 1 aliphatic rings. The van der Waals surface area contributed by atoms with E-state index in [1.54, 1.807) is 0 Å². The van der Waals surface area contributed by atoms with Gasteiger partial charge < -0.3 is 34.3 Å². The van der Waals surface area contributed by atoms with E-state index in [9.17, 15) is 33.1 Å². The summed E-state index contributed by atoms with van der Waals surface area (Å²) < 4.78 is 59.7. The van der Waals surface area contributed by atoms with Gasteiger partial charge in [-0.15, -0.1) is 0 Å². The number of unbranched alkanes of at least 4 members (excludes halogenated alkanes) is 49. The third-order valence-corrected chi connectivity index (χ3v) is 16.7. The maximum Gasteiger partial charge on any atom is 0.397 e. The Hall–Kier alpha value is -0.900. The lowest BCUT2D eigenvalue weighted by atomic mass is 9.99. The Morgan fingerprint density at radius 1 is 0.436 bits per heavy atom. The van der Waals surface area contributed by atoms with Crippen molar-refractivity contribution in [3.05, 3.63) is 0 Å². The summed E-state index contributed by atoms with van der Waals surface area (Å²) in [6.45, 7) is 4.10. The molecule has 12 nitrogen and oxygen atoms in total. The van der Waals surface area contributed by atoms with Gasteiger partial charge in [0.1, 0.15) is 30.5 Å². The molecule has 6 atom stereocenters. The van der Waals surface area contributed by atoms with E-state index in [0.717, 1.165) is 38.5 Å². The van der Waals surface area contributed by atoms with Crippen LogP contribution >= 0.6 is 0 Å². The standard InChI is InChI=1S/C65H128O12S/c1-3-5-7-9-11-13-15-17-19-21-23-25-27-29-31-33-35-37-39-41-43-45-47-49-51-53-55-73-57-59(58-74-65-63(69)64(77-78(70,71)72)62(68)60(56-66)76-65)75-61(67)54-52-50-48-46-44-42-40-38-36-34-32-30-28-26-24-22-20-18-16-14-12-10-8-6-4-2/h59-60,62-66,68-69H,3-58H2,1-2H3,(H,70,71,72). The second-order valence-corrected chi connectivity index (χ2v) is 24.8. The molecule has 0 radical (unpaired) electrons. The van der Waals surface area contributed by atoms with E-state index in [1.807, 2.05) is 0 Å². The fourth-order valence-electron chi connectivity index (χ4n) is 11.2. The number of esters is 1. The van der Waals surface area contributed by atoms with Crippen molar-refractivity contribution in [3.8, 4) is 0 Å². The first-order chi connectivity index (χ1) is 38.1. The molecule has 0 bridgehead atoms. The zero-order valence-electron chi connectivity index (χ0n) is 51.0.